The van der Waals surface area contributed by atoms with Crippen LogP contribution in [0.25, 0.3) is 0 Å². The minimum absolute atomic E-state index is 0.208. The molecule has 110 valence electrons. The van der Waals surface area contributed by atoms with Crippen molar-refractivity contribution in [1.82, 2.24) is 0 Å². The molecule has 2 aromatic carbocycles. The Bertz CT molecular complexity index is 656. The van der Waals surface area contributed by atoms with Crippen LogP contribution in [0.5, 0.6) is 11.5 Å². The SMILES string of the molecule is COc1ccc(NC(=O)c2cc(F)cc(Br)c2)c(OC)c1. The van der Waals surface area contributed by atoms with Gasteiger partial charge in [-0.25, -0.2) is 4.39 Å². The number of carbonyl (C=O) groups excluding carboxylic acids is 1. The number of methoxy groups -OCH3 is 2. The van der Waals surface area contributed by atoms with Gasteiger partial charge in [0.1, 0.15) is 17.3 Å². The third-order valence-corrected chi connectivity index (χ3v) is 3.24. The van der Waals surface area contributed by atoms with Crippen molar-refractivity contribution < 1.29 is 18.7 Å². The molecule has 0 heterocycles. The van der Waals surface area contributed by atoms with Gasteiger partial charge in [-0.3, -0.25) is 4.79 Å². The summed E-state index contributed by atoms with van der Waals surface area (Å²) in [7, 11) is 3.03. The molecule has 0 aliphatic heterocycles. The number of ether oxygens (including phenoxy) is 2. The molecule has 0 spiro atoms. The Balaban J connectivity index is 2.26. The second kappa shape index (κ2) is 6.58. The first-order valence-electron chi connectivity index (χ1n) is 6.03. The standard InChI is InChI=1S/C15H13BrFNO3/c1-20-12-3-4-13(14(8-12)21-2)18-15(19)9-5-10(16)7-11(17)6-9/h3-8H,1-2H3,(H,18,19). The number of nitrogens with one attached hydrogen (secondary N) is 1. The normalized spacial score (nSPS) is 10.1. The van der Waals surface area contributed by atoms with Crippen molar-refractivity contribution in [3.8, 4) is 11.5 Å². The number of carbonyl (C=O) groups is 1. The van der Waals surface area contributed by atoms with E-state index in [-0.39, 0.29) is 5.56 Å². The van der Waals surface area contributed by atoms with Crippen LogP contribution < -0.4 is 14.8 Å². The van der Waals surface area contributed by atoms with Gasteiger partial charge in [-0.15, -0.1) is 0 Å². The maximum Gasteiger partial charge on any atom is 0.255 e. The van der Waals surface area contributed by atoms with Crippen LogP contribution in [-0.4, -0.2) is 20.1 Å². The Labute approximate surface area is 130 Å². The van der Waals surface area contributed by atoms with E-state index in [1.54, 1.807) is 18.2 Å². The Morgan fingerprint density at radius 3 is 2.52 bits per heavy atom. The predicted octanol–water partition coefficient (Wildman–Crippen LogP) is 3.86. The average Bonchev–Trinajstić information content (AvgIpc) is 2.46. The zero-order chi connectivity index (χ0) is 15.4. The fourth-order valence-electron chi connectivity index (χ4n) is 1.78. The molecular formula is C15H13BrFNO3. The first kappa shape index (κ1) is 15.3. The maximum absolute atomic E-state index is 13.3. The third-order valence-electron chi connectivity index (χ3n) is 2.78. The van der Waals surface area contributed by atoms with Gasteiger partial charge in [0.15, 0.2) is 0 Å². The molecule has 0 saturated carbocycles. The molecule has 6 heteroatoms. The Hall–Kier alpha value is -2.08. The van der Waals surface area contributed by atoms with Crippen molar-refractivity contribution >= 4 is 27.5 Å². The zero-order valence-electron chi connectivity index (χ0n) is 11.4. The van der Waals surface area contributed by atoms with Crippen molar-refractivity contribution in [2.45, 2.75) is 0 Å². The van der Waals surface area contributed by atoms with Gasteiger partial charge in [-0.05, 0) is 30.3 Å². The van der Waals surface area contributed by atoms with Gasteiger partial charge in [0.05, 0.1) is 19.9 Å². The number of hydrogen-bond donors (Lipinski definition) is 1. The topological polar surface area (TPSA) is 47.6 Å². The minimum Gasteiger partial charge on any atom is -0.497 e. The summed E-state index contributed by atoms with van der Waals surface area (Å²) >= 11 is 3.15. The number of hydrogen-bond acceptors (Lipinski definition) is 3. The fourth-order valence-corrected chi connectivity index (χ4v) is 2.25. The Kier molecular flexibility index (Phi) is 4.80. The summed E-state index contributed by atoms with van der Waals surface area (Å²) in [5, 5.41) is 2.68. The molecule has 4 nitrogen and oxygen atoms in total. The van der Waals surface area contributed by atoms with E-state index in [4.69, 9.17) is 9.47 Å². The molecule has 21 heavy (non-hydrogen) atoms. The lowest BCUT2D eigenvalue weighted by atomic mass is 10.2. The highest BCUT2D eigenvalue weighted by atomic mass is 79.9. The molecule has 0 aliphatic carbocycles. The first-order valence-corrected chi connectivity index (χ1v) is 6.82. The van der Waals surface area contributed by atoms with Gasteiger partial charge in [0.2, 0.25) is 0 Å². The number of amides is 1. The van der Waals surface area contributed by atoms with E-state index in [9.17, 15) is 9.18 Å². The van der Waals surface area contributed by atoms with Crippen LogP contribution in [0.15, 0.2) is 40.9 Å². The number of rotatable bonds is 4. The molecule has 2 rings (SSSR count). The van der Waals surface area contributed by atoms with Crippen LogP contribution in [-0.2, 0) is 0 Å². The van der Waals surface area contributed by atoms with Crippen molar-refractivity contribution in [2.24, 2.45) is 0 Å². The summed E-state index contributed by atoms with van der Waals surface area (Å²) < 4.78 is 24.1. The van der Waals surface area contributed by atoms with Gasteiger partial charge in [-0.1, -0.05) is 15.9 Å². The summed E-state index contributed by atoms with van der Waals surface area (Å²) in [5.41, 5.74) is 0.684. The molecule has 1 amide bonds. The lowest BCUT2D eigenvalue weighted by molar-refractivity contribution is 0.102. The monoisotopic (exact) mass is 353 g/mol. The molecule has 0 bridgehead atoms. The molecule has 0 unspecified atom stereocenters. The second-order valence-corrected chi connectivity index (χ2v) is 5.09. The summed E-state index contributed by atoms with van der Waals surface area (Å²) in [4.78, 5) is 12.2. The summed E-state index contributed by atoms with van der Waals surface area (Å²) in [6.07, 6.45) is 0. The summed E-state index contributed by atoms with van der Waals surface area (Å²) in [6, 6.07) is 8.98. The van der Waals surface area contributed by atoms with Gasteiger partial charge in [0, 0.05) is 16.1 Å². The molecule has 0 radical (unpaired) electrons. The second-order valence-electron chi connectivity index (χ2n) is 4.18. The zero-order valence-corrected chi connectivity index (χ0v) is 13.0. The largest absolute Gasteiger partial charge is 0.497 e. The molecule has 0 atom stereocenters. The van der Waals surface area contributed by atoms with Gasteiger partial charge in [-0.2, -0.15) is 0 Å². The van der Waals surface area contributed by atoms with E-state index in [1.165, 1.54) is 26.4 Å². The maximum atomic E-state index is 13.3. The number of anilines is 1. The molecule has 0 saturated heterocycles. The van der Waals surface area contributed by atoms with Crippen LogP contribution in [0.3, 0.4) is 0 Å². The lowest BCUT2D eigenvalue weighted by Crippen LogP contribution is -2.13. The van der Waals surface area contributed by atoms with Crippen LogP contribution in [0, 0.1) is 5.82 Å². The third kappa shape index (κ3) is 3.72. The molecule has 1 N–H and O–H groups in total. The van der Waals surface area contributed by atoms with Crippen molar-refractivity contribution in [3.63, 3.8) is 0 Å². The van der Waals surface area contributed by atoms with E-state index in [0.29, 0.717) is 21.7 Å². The van der Waals surface area contributed by atoms with Crippen LogP contribution in [0.4, 0.5) is 10.1 Å². The molecule has 0 fully saturated rings. The quantitative estimate of drug-likeness (QED) is 0.907. The Morgan fingerprint density at radius 1 is 1.14 bits per heavy atom. The number of benzene rings is 2. The average molecular weight is 354 g/mol. The highest BCUT2D eigenvalue weighted by molar-refractivity contribution is 9.10. The summed E-state index contributed by atoms with van der Waals surface area (Å²) in [5.74, 6) is 0.145. The molecule has 2 aromatic rings. The van der Waals surface area contributed by atoms with Crippen molar-refractivity contribution in [1.29, 1.82) is 0 Å². The van der Waals surface area contributed by atoms with Crippen molar-refractivity contribution in [2.75, 3.05) is 19.5 Å². The fraction of sp³-hybridized carbons (Fsp3) is 0.133. The first-order chi connectivity index (χ1) is 10.0. The van der Waals surface area contributed by atoms with E-state index in [0.717, 1.165) is 6.07 Å². The molecular weight excluding hydrogens is 341 g/mol. The number of halogens is 2. The van der Waals surface area contributed by atoms with Gasteiger partial charge in [0.25, 0.3) is 5.91 Å². The Morgan fingerprint density at radius 2 is 1.90 bits per heavy atom. The molecule has 0 aliphatic rings. The van der Waals surface area contributed by atoms with Gasteiger partial charge < -0.3 is 14.8 Å². The van der Waals surface area contributed by atoms with Crippen molar-refractivity contribution in [3.05, 3.63) is 52.3 Å². The van der Waals surface area contributed by atoms with Crippen LogP contribution >= 0.6 is 15.9 Å². The van der Waals surface area contributed by atoms with E-state index >= 15 is 0 Å². The van der Waals surface area contributed by atoms with Gasteiger partial charge >= 0.3 is 0 Å². The van der Waals surface area contributed by atoms with E-state index in [1.807, 2.05) is 0 Å². The molecule has 0 aromatic heterocycles. The lowest BCUT2D eigenvalue weighted by Gasteiger charge is -2.11. The van der Waals surface area contributed by atoms with E-state index < -0.39 is 11.7 Å². The smallest absolute Gasteiger partial charge is 0.255 e. The highest BCUT2D eigenvalue weighted by Crippen LogP contribution is 2.29. The highest BCUT2D eigenvalue weighted by Gasteiger charge is 2.12. The van der Waals surface area contributed by atoms with Crippen LogP contribution in [0.2, 0.25) is 0 Å². The van der Waals surface area contributed by atoms with Crippen LogP contribution in [0.1, 0.15) is 10.4 Å². The minimum atomic E-state index is -0.490. The van der Waals surface area contributed by atoms with E-state index in [2.05, 4.69) is 21.2 Å². The summed E-state index contributed by atoms with van der Waals surface area (Å²) in [6.45, 7) is 0. The predicted molar refractivity (Wildman–Crippen MR) is 81.6 cm³/mol.